The molecule has 5 aromatic rings. The fourth-order valence-electron chi connectivity index (χ4n) is 7.86. The zero-order chi connectivity index (χ0) is 36.5. The number of pyridine rings is 1. The van der Waals surface area contributed by atoms with Crippen LogP contribution in [0.2, 0.25) is 0 Å². The minimum absolute atomic E-state index is 0.154. The number of hydrogen-bond acceptors (Lipinski definition) is 8. The number of fused-ring (bicyclic) bond motifs is 2. The molecule has 2 fully saturated rings. The molecule has 1 aliphatic carbocycles. The topological polar surface area (TPSA) is 114 Å². The van der Waals surface area contributed by atoms with E-state index < -0.39 is 0 Å². The molecular formula is C41H51N9O3. The van der Waals surface area contributed by atoms with Gasteiger partial charge in [-0.3, -0.25) is 14.6 Å². The number of anilines is 2. The van der Waals surface area contributed by atoms with Crippen molar-refractivity contribution in [3.63, 3.8) is 0 Å². The molecule has 3 aromatic heterocycles. The van der Waals surface area contributed by atoms with Gasteiger partial charge in [-0.15, -0.1) is 10.2 Å². The van der Waals surface area contributed by atoms with E-state index in [1.165, 1.54) is 12.0 Å². The van der Waals surface area contributed by atoms with E-state index in [0.717, 1.165) is 105 Å². The standard InChI is InChI=1S/C41H51N9O3/c1-28-10-7-8-19-48(28)40-45-44-37-18-15-31(27-49(37)40)53-35-17-16-34(32-13-5-6-14-33(32)35)42-39(51)43-38-25-36(41(2,3)4)46-50(38)30-12-9-11-29(24-30)26-47-20-22-52-23-21-47/h5-6,9,11-15,18,24-25,27-28,34-35H,7-8,10,16-17,19-23,26H2,1-4H3,(H2,42,43,51)/t28-,34-,35+/m0/s1. The zero-order valence-corrected chi connectivity index (χ0v) is 31.3. The van der Waals surface area contributed by atoms with E-state index in [-0.39, 0.29) is 23.6 Å². The molecule has 0 radical (unpaired) electrons. The van der Waals surface area contributed by atoms with Crippen molar-refractivity contribution < 1.29 is 14.3 Å². The van der Waals surface area contributed by atoms with Crippen LogP contribution in [0.4, 0.5) is 16.6 Å². The van der Waals surface area contributed by atoms with Gasteiger partial charge in [0.2, 0.25) is 5.95 Å². The molecule has 0 spiro atoms. The summed E-state index contributed by atoms with van der Waals surface area (Å²) in [5.41, 5.74) is 5.75. The van der Waals surface area contributed by atoms with Crippen LogP contribution in [0.3, 0.4) is 0 Å². The molecule has 2 amide bonds. The van der Waals surface area contributed by atoms with Gasteiger partial charge in [0.05, 0.1) is 36.8 Å². The summed E-state index contributed by atoms with van der Waals surface area (Å²) < 4.78 is 16.1. The van der Waals surface area contributed by atoms with Crippen molar-refractivity contribution in [2.45, 2.75) is 89.9 Å². The molecule has 53 heavy (non-hydrogen) atoms. The normalized spacial score (nSPS) is 21.0. The minimum Gasteiger partial charge on any atom is -0.484 e. The Bertz CT molecular complexity index is 2060. The number of nitrogens with zero attached hydrogens (tertiary/aromatic N) is 7. The van der Waals surface area contributed by atoms with E-state index in [1.807, 2.05) is 47.3 Å². The van der Waals surface area contributed by atoms with Crippen molar-refractivity contribution in [1.29, 1.82) is 0 Å². The molecule has 3 atom stereocenters. The summed E-state index contributed by atoms with van der Waals surface area (Å²) >= 11 is 0. The molecule has 0 bridgehead atoms. The van der Waals surface area contributed by atoms with Crippen LogP contribution in [-0.2, 0) is 16.7 Å². The summed E-state index contributed by atoms with van der Waals surface area (Å²) in [6, 6.07) is 22.6. The number of morpholine rings is 1. The number of carbonyl (C=O) groups excluding carboxylic acids is 1. The minimum atomic E-state index is -0.271. The van der Waals surface area contributed by atoms with Crippen molar-refractivity contribution in [2.75, 3.05) is 43.1 Å². The van der Waals surface area contributed by atoms with E-state index in [2.05, 4.69) is 93.1 Å². The number of aromatic nitrogens is 5. The first-order chi connectivity index (χ1) is 25.7. The molecule has 8 rings (SSSR count). The summed E-state index contributed by atoms with van der Waals surface area (Å²) in [6.45, 7) is 13.8. The predicted octanol–water partition coefficient (Wildman–Crippen LogP) is 7.20. The lowest BCUT2D eigenvalue weighted by Gasteiger charge is -2.33. The summed E-state index contributed by atoms with van der Waals surface area (Å²) in [6.07, 6.45) is 6.90. The summed E-state index contributed by atoms with van der Waals surface area (Å²) in [5, 5.41) is 20.4. The van der Waals surface area contributed by atoms with Crippen LogP contribution in [0, 0.1) is 0 Å². The second-order valence-electron chi connectivity index (χ2n) is 15.7. The maximum Gasteiger partial charge on any atom is 0.320 e. The van der Waals surface area contributed by atoms with E-state index in [1.54, 1.807) is 0 Å². The first kappa shape index (κ1) is 35.1. The number of ether oxygens (including phenoxy) is 2. The van der Waals surface area contributed by atoms with E-state index in [9.17, 15) is 4.79 Å². The fraction of sp³-hybridized carbons (Fsp3) is 0.463. The number of piperidine rings is 1. The SMILES string of the molecule is C[C@H]1CCCCN1c1nnc2ccc(O[C@@H]3CC[C@H](NC(=O)Nc4cc(C(C)(C)C)nn4-c4cccc(CN5CCOCC5)c4)c4ccccc43)cn12. The summed E-state index contributed by atoms with van der Waals surface area (Å²) in [5.74, 6) is 2.27. The summed E-state index contributed by atoms with van der Waals surface area (Å²) in [4.78, 5) is 18.5. The van der Waals surface area contributed by atoms with Gasteiger partial charge in [0.25, 0.3) is 0 Å². The average Bonchev–Trinajstić information content (AvgIpc) is 3.78. The van der Waals surface area contributed by atoms with Gasteiger partial charge >= 0.3 is 6.03 Å². The third-order valence-corrected chi connectivity index (χ3v) is 10.8. The Morgan fingerprint density at radius 1 is 0.925 bits per heavy atom. The van der Waals surface area contributed by atoms with Gasteiger partial charge in [-0.1, -0.05) is 57.2 Å². The van der Waals surface area contributed by atoms with Crippen LogP contribution in [0.15, 0.2) is 72.9 Å². The first-order valence-electron chi connectivity index (χ1n) is 19.1. The van der Waals surface area contributed by atoms with Crippen molar-refractivity contribution in [3.8, 4) is 11.4 Å². The van der Waals surface area contributed by atoms with Gasteiger partial charge in [0, 0.05) is 43.7 Å². The number of rotatable bonds is 8. The molecular weight excluding hydrogens is 667 g/mol. The van der Waals surface area contributed by atoms with Crippen LogP contribution >= 0.6 is 0 Å². The highest BCUT2D eigenvalue weighted by molar-refractivity contribution is 5.89. The Balaban J connectivity index is 0.986. The lowest BCUT2D eigenvalue weighted by molar-refractivity contribution is 0.0342. The highest BCUT2D eigenvalue weighted by Gasteiger charge is 2.31. The van der Waals surface area contributed by atoms with Crippen molar-refractivity contribution in [1.82, 2.24) is 34.6 Å². The molecule has 5 heterocycles. The van der Waals surface area contributed by atoms with Gasteiger partial charge in [0.15, 0.2) is 5.65 Å². The van der Waals surface area contributed by atoms with Crippen LogP contribution in [0.25, 0.3) is 11.3 Å². The van der Waals surface area contributed by atoms with Crippen molar-refractivity contribution >= 4 is 23.4 Å². The smallest absolute Gasteiger partial charge is 0.320 e. The third kappa shape index (κ3) is 7.61. The first-order valence-corrected chi connectivity index (χ1v) is 19.1. The fourth-order valence-corrected chi connectivity index (χ4v) is 7.86. The highest BCUT2D eigenvalue weighted by atomic mass is 16.5. The van der Waals surface area contributed by atoms with Crippen molar-refractivity contribution in [3.05, 3.63) is 95.3 Å². The molecule has 2 N–H and O–H groups in total. The second kappa shape index (κ2) is 14.8. The van der Waals surface area contributed by atoms with Gasteiger partial charge < -0.3 is 19.7 Å². The predicted molar refractivity (Wildman–Crippen MR) is 206 cm³/mol. The number of nitrogens with one attached hydrogen (secondary N) is 2. The lowest BCUT2D eigenvalue weighted by atomic mass is 9.85. The Kier molecular flexibility index (Phi) is 9.82. The molecule has 0 unspecified atom stereocenters. The molecule has 278 valence electrons. The Labute approximate surface area is 311 Å². The monoisotopic (exact) mass is 717 g/mol. The van der Waals surface area contributed by atoms with Crippen molar-refractivity contribution in [2.24, 2.45) is 0 Å². The zero-order valence-electron chi connectivity index (χ0n) is 31.3. The molecule has 3 aliphatic rings. The Morgan fingerprint density at radius 3 is 2.57 bits per heavy atom. The van der Waals surface area contributed by atoms with E-state index >= 15 is 0 Å². The number of urea groups is 1. The maximum absolute atomic E-state index is 13.8. The number of benzene rings is 2. The second-order valence-corrected chi connectivity index (χ2v) is 15.7. The lowest BCUT2D eigenvalue weighted by Crippen LogP contribution is -2.38. The maximum atomic E-state index is 13.8. The number of amides is 2. The average molecular weight is 718 g/mol. The molecule has 2 aromatic carbocycles. The molecule has 0 saturated carbocycles. The van der Waals surface area contributed by atoms with Crippen LogP contribution in [-0.4, -0.2) is 74.2 Å². The third-order valence-electron chi connectivity index (χ3n) is 10.8. The van der Waals surface area contributed by atoms with Crippen LogP contribution in [0.1, 0.15) is 94.3 Å². The summed E-state index contributed by atoms with van der Waals surface area (Å²) in [7, 11) is 0. The largest absolute Gasteiger partial charge is 0.484 e. The quantitative estimate of drug-likeness (QED) is 0.173. The molecule has 2 saturated heterocycles. The van der Waals surface area contributed by atoms with E-state index in [4.69, 9.17) is 14.6 Å². The van der Waals surface area contributed by atoms with Crippen LogP contribution < -0.4 is 20.3 Å². The van der Waals surface area contributed by atoms with Gasteiger partial charge in [-0.25, -0.2) is 9.48 Å². The Hall–Kier alpha value is -4.94. The molecule has 12 heteroatoms. The van der Waals surface area contributed by atoms with Gasteiger partial charge in [0.1, 0.15) is 17.7 Å². The van der Waals surface area contributed by atoms with Gasteiger partial charge in [-0.05, 0) is 80.0 Å². The van der Waals surface area contributed by atoms with Crippen LogP contribution in [0.5, 0.6) is 5.75 Å². The molecule has 2 aliphatic heterocycles. The highest BCUT2D eigenvalue weighted by Crippen LogP contribution is 2.39. The number of carbonyl (C=O) groups is 1. The van der Waals surface area contributed by atoms with Gasteiger partial charge in [-0.2, -0.15) is 5.10 Å². The molecule has 12 nitrogen and oxygen atoms in total. The number of hydrogen-bond donors (Lipinski definition) is 2. The van der Waals surface area contributed by atoms with E-state index in [0.29, 0.717) is 11.9 Å². The Morgan fingerprint density at radius 2 is 1.75 bits per heavy atom.